The van der Waals surface area contributed by atoms with Gasteiger partial charge in [0.05, 0.1) is 0 Å². The van der Waals surface area contributed by atoms with E-state index >= 15 is 0 Å². The van der Waals surface area contributed by atoms with Crippen molar-refractivity contribution in [1.29, 1.82) is 0 Å². The highest BCUT2D eigenvalue weighted by Gasteiger charge is 2.51. The van der Waals surface area contributed by atoms with Crippen LogP contribution in [0.5, 0.6) is 0 Å². The summed E-state index contributed by atoms with van der Waals surface area (Å²) in [5.74, 6) is -1.66. The molecule has 0 unspecified atom stereocenters. The number of hydrogen-bond acceptors (Lipinski definition) is 6. The van der Waals surface area contributed by atoms with E-state index in [1.807, 2.05) is 79.7 Å². The predicted molar refractivity (Wildman–Crippen MR) is 226 cm³/mol. The first-order valence-electron chi connectivity index (χ1n) is 20.4. The number of nitrogens with zero attached hydrogens (tertiary/aromatic N) is 1. The van der Waals surface area contributed by atoms with Gasteiger partial charge in [0.15, 0.2) is 5.78 Å². The highest BCUT2D eigenvalue weighted by atomic mass is 28.4. The minimum atomic E-state index is -2.93. The summed E-state index contributed by atoms with van der Waals surface area (Å²) < 4.78 is 7.00. The van der Waals surface area contributed by atoms with Gasteiger partial charge in [-0.1, -0.05) is 131 Å². The number of carbonyl (C=O) groups excluding carboxylic acids is 5. The first-order valence-corrected chi connectivity index (χ1v) is 22.4. The summed E-state index contributed by atoms with van der Waals surface area (Å²) in [5.41, 5.74) is -0.286. The molecule has 0 aliphatic carbocycles. The highest BCUT2D eigenvalue weighted by molar-refractivity contribution is 6.99. The van der Waals surface area contributed by atoms with Gasteiger partial charge in [-0.05, 0) is 79.8 Å². The van der Waals surface area contributed by atoms with E-state index in [1.165, 1.54) is 0 Å². The first-order chi connectivity index (χ1) is 27.2. The molecular formula is C46H60N4O6Si. The van der Waals surface area contributed by atoms with E-state index in [-0.39, 0.29) is 41.9 Å². The third kappa shape index (κ3) is 10.2. The quantitative estimate of drug-likeness (QED) is 0.153. The van der Waals surface area contributed by atoms with Crippen LogP contribution in [0.4, 0.5) is 0 Å². The van der Waals surface area contributed by atoms with E-state index in [2.05, 4.69) is 61.0 Å². The van der Waals surface area contributed by atoms with Crippen molar-refractivity contribution in [2.75, 3.05) is 6.54 Å². The van der Waals surface area contributed by atoms with Crippen molar-refractivity contribution in [1.82, 2.24) is 20.9 Å². The predicted octanol–water partition coefficient (Wildman–Crippen LogP) is 5.14. The molecule has 2 aliphatic heterocycles. The van der Waals surface area contributed by atoms with Crippen LogP contribution in [0.25, 0.3) is 0 Å². The van der Waals surface area contributed by atoms with Crippen LogP contribution < -0.4 is 26.3 Å². The minimum Gasteiger partial charge on any atom is -0.398 e. The Bertz CT molecular complexity index is 1840. The number of allylic oxidation sites excluding steroid dienone is 2. The number of fused-ring (bicyclic) bond motifs is 1. The maximum Gasteiger partial charge on any atom is 0.262 e. The molecule has 5 atom stereocenters. The molecule has 4 amide bonds. The summed E-state index contributed by atoms with van der Waals surface area (Å²) >= 11 is 0. The molecule has 2 fully saturated rings. The fraction of sp³-hybridized carbons (Fsp3) is 0.457. The van der Waals surface area contributed by atoms with Gasteiger partial charge in [-0.25, -0.2) is 0 Å². The molecule has 57 heavy (non-hydrogen) atoms. The summed E-state index contributed by atoms with van der Waals surface area (Å²) in [4.78, 5) is 70.7. The van der Waals surface area contributed by atoms with Crippen molar-refractivity contribution in [3.05, 3.63) is 109 Å². The monoisotopic (exact) mass is 792 g/mol. The summed E-state index contributed by atoms with van der Waals surface area (Å²) in [6, 6.07) is 27.6. The number of rotatable bonds is 14. The van der Waals surface area contributed by atoms with E-state index in [4.69, 9.17) is 4.43 Å². The fourth-order valence-electron chi connectivity index (χ4n) is 8.00. The van der Waals surface area contributed by atoms with Crippen LogP contribution in [-0.2, 0) is 34.8 Å². The molecule has 5 rings (SSSR count). The van der Waals surface area contributed by atoms with Crippen LogP contribution in [0.2, 0.25) is 5.04 Å². The van der Waals surface area contributed by atoms with Crippen molar-refractivity contribution < 1.29 is 28.4 Å². The molecule has 2 aliphatic rings. The number of hydrogen-bond donors (Lipinski definition) is 3. The van der Waals surface area contributed by atoms with Crippen molar-refractivity contribution in [3.8, 4) is 0 Å². The van der Waals surface area contributed by atoms with Gasteiger partial charge in [-0.15, -0.1) is 0 Å². The molecule has 0 saturated carbocycles. The topological polar surface area (TPSA) is 134 Å². The zero-order valence-electron chi connectivity index (χ0n) is 34.4. The molecule has 2 saturated heterocycles. The SMILES string of the molecule is CC[C@]1(C)NC(=O)[C@H](CCC=CCC(=O)[C@@H](C)O[Si](c2ccccc2)(c2ccccc2)C(C)(C)C)NC(=O)[C@H]2CCCN2C(=O)[C@H](CCc2ccccc2)NC1=O. The zero-order valence-corrected chi connectivity index (χ0v) is 35.4. The molecule has 3 N–H and O–H groups in total. The molecule has 304 valence electrons. The van der Waals surface area contributed by atoms with Gasteiger partial charge in [0.1, 0.15) is 29.8 Å². The Hall–Kier alpha value is -4.87. The van der Waals surface area contributed by atoms with Crippen molar-refractivity contribution in [2.24, 2.45) is 0 Å². The van der Waals surface area contributed by atoms with Gasteiger partial charge in [-0.2, -0.15) is 0 Å². The fourth-order valence-corrected chi connectivity index (χ4v) is 12.7. The number of carbonyl (C=O) groups is 5. The molecular weight excluding hydrogens is 733 g/mol. The lowest BCUT2D eigenvalue weighted by Gasteiger charge is -2.44. The summed E-state index contributed by atoms with van der Waals surface area (Å²) in [5, 5.41) is 10.7. The number of aryl methyl sites for hydroxylation is 1. The smallest absolute Gasteiger partial charge is 0.262 e. The maximum atomic E-state index is 14.0. The largest absolute Gasteiger partial charge is 0.398 e. The van der Waals surface area contributed by atoms with E-state index in [9.17, 15) is 24.0 Å². The van der Waals surface area contributed by atoms with Crippen LogP contribution >= 0.6 is 0 Å². The number of amides is 4. The van der Waals surface area contributed by atoms with Crippen molar-refractivity contribution in [3.63, 3.8) is 0 Å². The highest BCUT2D eigenvalue weighted by Crippen LogP contribution is 2.37. The van der Waals surface area contributed by atoms with E-state index in [0.717, 1.165) is 15.9 Å². The van der Waals surface area contributed by atoms with Crippen molar-refractivity contribution in [2.45, 2.75) is 128 Å². The molecule has 11 heteroatoms. The Morgan fingerprint density at radius 3 is 2.04 bits per heavy atom. The summed E-state index contributed by atoms with van der Waals surface area (Å²) in [6.07, 6.45) is 6.02. The summed E-state index contributed by atoms with van der Waals surface area (Å²) in [7, 11) is -2.93. The van der Waals surface area contributed by atoms with Gasteiger partial charge in [0.25, 0.3) is 8.32 Å². The molecule has 0 aromatic heterocycles. The van der Waals surface area contributed by atoms with E-state index in [0.29, 0.717) is 38.6 Å². The normalized spacial score (nSPS) is 22.8. The van der Waals surface area contributed by atoms with E-state index in [1.54, 1.807) is 24.8 Å². The Morgan fingerprint density at radius 1 is 0.860 bits per heavy atom. The Kier molecular flexibility index (Phi) is 14.5. The Labute approximate surface area is 339 Å². The molecule has 2 heterocycles. The van der Waals surface area contributed by atoms with Crippen LogP contribution in [0.1, 0.15) is 92.1 Å². The van der Waals surface area contributed by atoms with Gasteiger partial charge >= 0.3 is 0 Å². The number of ketones is 1. The summed E-state index contributed by atoms with van der Waals surface area (Å²) in [6.45, 7) is 12.2. The first kappa shape index (κ1) is 43.3. The van der Waals surface area contributed by atoms with Gasteiger partial charge < -0.3 is 25.3 Å². The second-order valence-corrected chi connectivity index (χ2v) is 20.9. The molecule has 0 radical (unpaired) electrons. The number of Topliss-reactive ketones (excluding diaryl/α,β-unsaturated/α-hetero) is 1. The lowest BCUT2D eigenvalue weighted by atomic mass is 9.94. The van der Waals surface area contributed by atoms with Crippen LogP contribution in [0.3, 0.4) is 0 Å². The third-order valence-electron chi connectivity index (χ3n) is 11.6. The van der Waals surface area contributed by atoms with Gasteiger partial charge in [0, 0.05) is 13.0 Å². The zero-order chi connectivity index (χ0) is 41.2. The van der Waals surface area contributed by atoms with Crippen LogP contribution in [0, 0.1) is 0 Å². The lowest BCUT2D eigenvalue weighted by Crippen LogP contribution is -2.68. The standard InChI is InChI=1S/C46H60N4O6Si/c1-7-46(6)44(55)48-38(31-30-34-21-12-8-13-22-34)43(54)50-32-20-28-39(50)42(53)47-37(41(52)49-46)27-18-11-19-29-40(51)33(2)56-57(45(3,4)5,35-23-14-9-15-24-35)36-25-16-10-17-26-36/h8-17,19,21-26,33,37-39H,7,18,20,27-32H2,1-6H3,(H,47,53)(H,48,55)(H,49,52)/t33-,37+,38+,39-,46+/m1/s1. The second-order valence-electron chi connectivity index (χ2n) is 16.6. The van der Waals surface area contributed by atoms with E-state index < -0.39 is 49.9 Å². The molecule has 3 aromatic rings. The molecule has 0 bridgehead atoms. The average Bonchev–Trinajstić information content (AvgIpc) is 3.71. The maximum absolute atomic E-state index is 14.0. The second kappa shape index (κ2) is 19.0. The lowest BCUT2D eigenvalue weighted by molar-refractivity contribution is -0.144. The Balaban J connectivity index is 1.27. The average molecular weight is 793 g/mol. The third-order valence-corrected chi connectivity index (χ3v) is 16.7. The molecule has 0 spiro atoms. The van der Waals surface area contributed by atoms with Gasteiger partial charge in [0.2, 0.25) is 23.6 Å². The molecule has 3 aromatic carbocycles. The van der Waals surface area contributed by atoms with Crippen LogP contribution in [0.15, 0.2) is 103 Å². The minimum absolute atomic E-state index is 0.0610. The van der Waals surface area contributed by atoms with Crippen molar-refractivity contribution >= 4 is 48.1 Å². The number of benzene rings is 3. The molecule has 10 nitrogen and oxygen atoms in total. The van der Waals surface area contributed by atoms with Gasteiger partial charge in [-0.3, -0.25) is 24.0 Å². The Morgan fingerprint density at radius 2 is 1.46 bits per heavy atom. The number of nitrogens with one attached hydrogen (secondary N) is 3. The van der Waals surface area contributed by atoms with Crippen LogP contribution in [-0.4, -0.2) is 78.9 Å².